The lowest BCUT2D eigenvalue weighted by molar-refractivity contribution is 0.00475. The minimum atomic E-state index is -0.551. The van der Waals surface area contributed by atoms with E-state index in [1.54, 1.807) is 11.3 Å². The summed E-state index contributed by atoms with van der Waals surface area (Å²) in [5.41, 5.74) is 0.585. The van der Waals surface area contributed by atoms with Crippen molar-refractivity contribution in [2.45, 2.75) is 39.2 Å². The quantitative estimate of drug-likeness (QED) is 0.811. The van der Waals surface area contributed by atoms with E-state index in [2.05, 4.69) is 32.2 Å². The summed E-state index contributed by atoms with van der Waals surface area (Å²) in [5, 5.41) is 12.7. The van der Waals surface area contributed by atoms with Crippen LogP contribution in [-0.2, 0) is 5.60 Å². The van der Waals surface area contributed by atoms with Gasteiger partial charge in [0, 0.05) is 4.88 Å². The fourth-order valence-electron chi connectivity index (χ4n) is 2.34. The molecule has 0 aliphatic heterocycles. The van der Waals surface area contributed by atoms with Crippen molar-refractivity contribution in [3.05, 3.63) is 21.9 Å². The Balaban J connectivity index is 2.28. The molecular formula is C12H18OS. The van der Waals surface area contributed by atoms with Gasteiger partial charge in [0.25, 0.3) is 0 Å². The van der Waals surface area contributed by atoms with Crippen LogP contribution in [0.25, 0.3) is 0 Å². The SMILES string of the molecule is CCC(O)(c1csc(C)c1)C1CC1C. The highest BCUT2D eigenvalue weighted by atomic mass is 32.1. The minimum absolute atomic E-state index is 0.487. The number of thiophene rings is 1. The van der Waals surface area contributed by atoms with Crippen LogP contribution < -0.4 is 0 Å². The minimum Gasteiger partial charge on any atom is -0.385 e. The molecule has 1 aliphatic rings. The van der Waals surface area contributed by atoms with Gasteiger partial charge in [0.15, 0.2) is 0 Å². The molecule has 0 aromatic carbocycles. The fourth-order valence-corrected chi connectivity index (χ4v) is 3.12. The van der Waals surface area contributed by atoms with Crippen LogP contribution in [0.1, 0.15) is 37.1 Å². The summed E-state index contributed by atoms with van der Waals surface area (Å²) in [4.78, 5) is 1.29. The molecule has 1 aliphatic carbocycles. The Bertz CT molecular complexity index is 331. The van der Waals surface area contributed by atoms with Crippen LogP contribution in [-0.4, -0.2) is 5.11 Å². The van der Waals surface area contributed by atoms with Gasteiger partial charge in [-0.2, -0.15) is 0 Å². The molecule has 1 fully saturated rings. The average molecular weight is 210 g/mol. The molecule has 0 radical (unpaired) electrons. The molecule has 0 spiro atoms. The Morgan fingerprint density at radius 2 is 2.29 bits per heavy atom. The van der Waals surface area contributed by atoms with E-state index in [0.717, 1.165) is 12.0 Å². The smallest absolute Gasteiger partial charge is 0.0932 e. The van der Waals surface area contributed by atoms with Gasteiger partial charge in [-0.25, -0.2) is 0 Å². The number of aliphatic hydroxyl groups is 1. The van der Waals surface area contributed by atoms with Crippen molar-refractivity contribution in [3.63, 3.8) is 0 Å². The zero-order valence-electron chi connectivity index (χ0n) is 9.08. The number of hydrogen-bond acceptors (Lipinski definition) is 2. The van der Waals surface area contributed by atoms with Gasteiger partial charge < -0.3 is 5.11 Å². The molecule has 1 aromatic heterocycles. The van der Waals surface area contributed by atoms with Crippen LogP contribution in [0.3, 0.4) is 0 Å². The van der Waals surface area contributed by atoms with E-state index in [1.807, 2.05) is 0 Å². The third-order valence-corrected chi connectivity index (χ3v) is 4.35. The molecule has 0 bridgehead atoms. The van der Waals surface area contributed by atoms with Gasteiger partial charge >= 0.3 is 0 Å². The monoisotopic (exact) mass is 210 g/mol. The zero-order valence-corrected chi connectivity index (χ0v) is 9.90. The molecular weight excluding hydrogens is 192 g/mol. The Kier molecular flexibility index (Phi) is 2.44. The van der Waals surface area contributed by atoms with E-state index >= 15 is 0 Å². The maximum absolute atomic E-state index is 10.6. The van der Waals surface area contributed by atoms with Crippen molar-refractivity contribution in [2.75, 3.05) is 0 Å². The third-order valence-electron chi connectivity index (χ3n) is 3.49. The largest absolute Gasteiger partial charge is 0.385 e. The lowest BCUT2D eigenvalue weighted by Gasteiger charge is -2.26. The number of hydrogen-bond donors (Lipinski definition) is 1. The van der Waals surface area contributed by atoms with Crippen molar-refractivity contribution in [2.24, 2.45) is 11.8 Å². The predicted molar refractivity (Wildman–Crippen MR) is 60.5 cm³/mol. The highest BCUT2D eigenvalue weighted by Gasteiger charge is 2.49. The van der Waals surface area contributed by atoms with Crippen LogP contribution in [0.15, 0.2) is 11.4 Å². The van der Waals surface area contributed by atoms with E-state index in [0.29, 0.717) is 11.8 Å². The molecule has 3 unspecified atom stereocenters. The first-order valence-corrected chi connectivity index (χ1v) is 6.24. The highest BCUT2D eigenvalue weighted by molar-refractivity contribution is 7.10. The zero-order chi connectivity index (χ0) is 10.3. The molecule has 3 atom stereocenters. The fraction of sp³-hybridized carbons (Fsp3) is 0.667. The normalized spacial score (nSPS) is 30.0. The second-order valence-corrected chi connectivity index (χ2v) is 5.66. The Morgan fingerprint density at radius 1 is 1.64 bits per heavy atom. The first kappa shape index (κ1) is 10.2. The summed E-state index contributed by atoms with van der Waals surface area (Å²) in [7, 11) is 0. The Morgan fingerprint density at radius 3 is 2.64 bits per heavy atom. The second kappa shape index (κ2) is 3.35. The summed E-state index contributed by atoms with van der Waals surface area (Å²) in [6.45, 7) is 6.41. The van der Waals surface area contributed by atoms with Crippen molar-refractivity contribution in [1.29, 1.82) is 0 Å². The Labute approximate surface area is 89.8 Å². The van der Waals surface area contributed by atoms with Crippen LogP contribution in [0.4, 0.5) is 0 Å². The summed E-state index contributed by atoms with van der Waals surface area (Å²) >= 11 is 1.73. The molecule has 1 aromatic rings. The van der Waals surface area contributed by atoms with Crippen LogP contribution in [0.5, 0.6) is 0 Å². The van der Waals surface area contributed by atoms with Gasteiger partial charge in [-0.3, -0.25) is 0 Å². The van der Waals surface area contributed by atoms with Gasteiger partial charge in [-0.1, -0.05) is 13.8 Å². The topological polar surface area (TPSA) is 20.2 Å². The second-order valence-electron chi connectivity index (χ2n) is 4.54. The molecule has 2 heteroatoms. The summed E-state index contributed by atoms with van der Waals surface area (Å²) in [6, 6.07) is 2.14. The molecule has 1 heterocycles. The molecule has 2 rings (SSSR count). The predicted octanol–water partition coefficient (Wildman–Crippen LogP) is 3.31. The van der Waals surface area contributed by atoms with Gasteiger partial charge in [0.1, 0.15) is 0 Å². The lowest BCUT2D eigenvalue weighted by Crippen LogP contribution is -2.27. The van der Waals surface area contributed by atoms with Crippen LogP contribution >= 0.6 is 11.3 Å². The van der Waals surface area contributed by atoms with Gasteiger partial charge in [0.05, 0.1) is 5.60 Å². The van der Waals surface area contributed by atoms with E-state index < -0.39 is 5.60 Å². The lowest BCUT2D eigenvalue weighted by atomic mass is 9.87. The number of rotatable bonds is 3. The summed E-state index contributed by atoms with van der Waals surface area (Å²) in [5.74, 6) is 1.18. The van der Waals surface area contributed by atoms with E-state index in [-0.39, 0.29) is 0 Å². The molecule has 78 valence electrons. The highest BCUT2D eigenvalue weighted by Crippen LogP contribution is 2.52. The van der Waals surface area contributed by atoms with E-state index in [9.17, 15) is 5.11 Å². The van der Waals surface area contributed by atoms with Crippen molar-refractivity contribution < 1.29 is 5.11 Å². The van der Waals surface area contributed by atoms with Gasteiger partial charge in [-0.15, -0.1) is 11.3 Å². The molecule has 0 amide bonds. The van der Waals surface area contributed by atoms with Crippen LogP contribution in [0, 0.1) is 18.8 Å². The van der Waals surface area contributed by atoms with Crippen molar-refractivity contribution in [1.82, 2.24) is 0 Å². The maximum Gasteiger partial charge on any atom is 0.0932 e. The first-order chi connectivity index (χ1) is 6.58. The molecule has 1 nitrogen and oxygen atoms in total. The standard InChI is InChI=1S/C12H18OS/c1-4-12(13,11-5-8(11)2)10-6-9(3)14-7-10/h6-8,11,13H,4-5H2,1-3H3. The van der Waals surface area contributed by atoms with E-state index in [4.69, 9.17) is 0 Å². The van der Waals surface area contributed by atoms with Crippen molar-refractivity contribution in [3.8, 4) is 0 Å². The summed E-state index contributed by atoms with van der Waals surface area (Å²) < 4.78 is 0. The van der Waals surface area contributed by atoms with Crippen LogP contribution in [0.2, 0.25) is 0 Å². The third kappa shape index (κ3) is 1.51. The Hall–Kier alpha value is -0.340. The van der Waals surface area contributed by atoms with Crippen molar-refractivity contribution >= 4 is 11.3 Å². The first-order valence-electron chi connectivity index (χ1n) is 5.36. The molecule has 1 N–H and O–H groups in total. The van der Waals surface area contributed by atoms with Gasteiger partial charge in [0.2, 0.25) is 0 Å². The summed E-state index contributed by atoms with van der Waals surface area (Å²) in [6.07, 6.45) is 2.01. The number of aryl methyl sites for hydroxylation is 1. The molecule has 1 saturated carbocycles. The maximum atomic E-state index is 10.6. The average Bonchev–Trinajstić information content (AvgIpc) is 2.73. The van der Waals surface area contributed by atoms with Gasteiger partial charge in [-0.05, 0) is 48.6 Å². The molecule has 14 heavy (non-hydrogen) atoms. The van der Waals surface area contributed by atoms with E-state index in [1.165, 1.54) is 11.3 Å². The molecule has 0 saturated heterocycles.